The molecule has 1 aliphatic heterocycles. The predicted octanol–water partition coefficient (Wildman–Crippen LogP) is 3.85. The van der Waals surface area contributed by atoms with E-state index in [1.165, 1.54) is 28.7 Å². The fourth-order valence-electron chi connectivity index (χ4n) is 5.03. The Balaban J connectivity index is 1.21. The summed E-state index contributed by atoms with van der Waals surface area (Å²) in [5, 5.41) is 6.10. The van der Waals surface area contributed by atoms with Crippen LogP contribution >= 0.6 is 0 Å². The van der Waals surface area contributed by atoms with Crippen LogP contribution in [0.3, 0.4) is 0 Å². The summed E-state index contributed by atoms with van der Waals surface area (Å²) < 4.78 is 9.91. The van der Waals surface area contributed by atoms with Gasteiger partial charge in [0.25, 0.3) is 5.91 Å². The van der Waals surface area contributed by atoms with E-state index >= 15 is 0 Å². The summed E-state index contributed by atoms with van der Waals surface area (Å²) in [5.41, 5.74) is 1.82. The second-order valence-corrected chi connectivity index (χ2v) is 9.14. The lowest BCUT2D eigenvalue weighted by molar-refractivity contribution is -0.122. The molecule has 3 amide bonds. The summed E-state index contributed by atoms with van der Waals surface area (Å²) in [4.78, 5) is 51.9. The number of esters is 1. The normalized spacial score (nSPS) is 21.2. The van der Waals surface area contributed by atoms with E-state index in [2.05, 4.69) is 22.6 Å². The minimum Gasteiger partial charge on any atom is -0.452 e. The van der Waals surface area contributed by atoms with Gasteiger partial charge in [-0.3, -0.25) is 19.3 Å². The minimum absolute atomic E-state index is 0.188. The van der Waals surface area contributed by atoms with Gasteiger partial charge in [-0.15, -0.1) is 0 Å². The highest BCUT2D eigenvalue weighted by Crippen LogP contribution is 2.45. The molecular weight excluding hydrogens is 462 g/mol. The summed E-state index contributed by atoms with van der Waals surface area (Å²) >= 11 is 0. The SMILES string of the molecule is Cc1cc(NC(=O)COC(=O)c2ccc(N3C(=O)[C@@H]4CC[C@@H](c5ccccc5)C[C@H]4C3=O)cc2)no1. The molecule has 9 nitrogen and oxygen atoms in total. The summed E-state index contributed by atoms with van der Waals surface area (Å²) in [7, 11) is 0. The Morgan fingerprint density at radius 2 is 1.75 bits per heavy atom. The Kier molecular flexibility index (Phi) is 6.37. The van der Waals surface area contributed by atoms with Crippen molar-refractivity contribution in [1.82, 2.24) is 5.16 Å². The van der Waals surface area contributed by atoms with Crippen molar-refractivity contribution in [1.29, 1.82) is 0 Å². The maximum absolute atomic E-state index is 13.2. The third-order valence-electron chi connectivity index (χ3n) is 6.79. The summed E-state index contributed by atoms with van der Waals surface area (Å²) in [5.74, 6) is -1.27. The van der Waals surface area contributed by atoms with Crippen LogP contribution in [0.25, 0.3) is 0 Å². The number of benzene rings is 2. The third-order valence-corrected chi connectivity index (χ3v) is 6.79. The fraction of sp³-hybridized carbons (Fsp3) is 0.296. The van der Waals surface area contributed by atoms with Crippen LogP contribution in [0, 0.1) is 18.8 Å². The molecule has 3 atom stereocenters. The number of anilines is 2. The molecule has 1 aromatic heterocycles. The van der Waals surface area contributed by atoms with Crippen molar-refractivity contribution < 1.29 is 28.4 Å². The first-order valence-corrected chi connectivity index (χ1v) is 11.8. The predicted molar refractivity (Wildman–Crippen MR) is 129 cm³/mol. The second kappa shape index (κ2) is 9.77. The topological polar surface area (TPSA) is 119 Å². The number of carbonyl (C=O) groups excluding carboxylic acids is 4. The van der Waals surface area contributed by atoms with Gasteiger partial charge in [0.15, 0.2) is 12.4 Å². The molecule has 0 unspecified atom stereocenters. The molecule has 2 heterocycles. The van der Waals surface area contributed by atoms with Gasteiger partial charge in [0, 0.05) is 6.07 Å². The Hall–Kier alpha value is -4.27. The molecule has 1 saturated carbocycles. The lowest BCUT2D eigenvalue weighted by Gasteiger charge is -2.28. The number of hydrogen-bond acceptors (Lipinski definition) is 7. The molecule has 0 radical (unpaired) electrons. The van der Waals surface area contributed by atoms with E-state index in [1.54, 1.807) is 19.1 Å². The number of nitrogens with one attached hydrogen (secondary N) is 1. The van der Waals surface area contributed by atoms with Crippen LogP contribution in [0.15, 0.2) is 65.2 Å². The number of nitrogens with zero attached hydrogens (tertiary/aromatic N) is 2. The van der Waals surface area contributed by atoms with E-state index < -0.39 is 18.5 Å². The van der Waals surface area contributed by atoms with Crippen molar-refractivity contribution in [3.63, 3.8) is 0 Å². The van der Waals surface area contributed by atoms with Crippen LogP contribution in [0.4, 0.5) is 11.5 Å². The Morgan fingerprint density at radius 3 is 2.44 bits per heavy atom. The standard InChI is InChI=1S/C27H25N3O6/c1-16-13-23(29-36-16)28-24(31)15-35-27(34)18-7-10-20(11-8-18)30-25(32)21-12-9-19(14-22(21)26(30)33)17-5-3-2-4-6-17/h2-8,10-11,13,19,21-22H,9,12,14-15H2,1H3,(H,28,29,31)/t19-,21-,22-/m1/s1. The highest BCUT2D eigenvalue weighted by molar-refractivity contribution is 6.22. The molecule has 2 fully saturated rings. The highest BCUT2D eigenvalue weighted by atomic mass is 16.5. The van der Waals surface area contributed by atoms with Crippen molar-refractivity contribution in [3.8, 4) is 0 Å². The summed E-state index contributed by atoms with van der Waals surface area (Å²) in [6.07, 6.45) is 2.19. The number of imide groups is 1. The van der Waals surface area contributed by atoms with Gasteiger partial charge in [0.1, 0.15) is 5.76 Å². The minimum atomic E-state index is -0.702. The molecule has 9 heteroatoms. The molecule has 36 heavy (non-hydrogen) atoms. The van der Waals surface area contributed by atoms with Gasteiger partial charge < -0.3 is 14.6 Å². The second-order valence-electron chi connectivity index (χ2n) is 9.14. The molecule has 0 bridgehead atoms. The van der Waals surface area contributed by atoms with Gasteiger partial charge in [-0.25, -0.2) is 4.79 Å². The van der Waals surface area contributed by atoms with Crippen LogP contribution in [-0.2, 0) is 19.1 Å². The van der Waals surface area contributed by atoms with E-state index in [0.29, 0.717) is 24.3 Å². The average Bonchev–Trinajstić information content (AvgIpc) is 3.42. The quantitative estimate of drug-likeness (QED) is 0.414. The van der Waals surface area contributed by atoms with Crippen molar-refractivity contribution in [2.24, 2.45) is 11.8 Å². The molecular formula is C27H25N3O6. The molecule has 5 rings (SSSR count). The highest BCUT2D eigenvalue weighted by Gasteiger charge is 2.50. The fourth-order valence-corrected chi connectivity index (χ4v) is 5.03. The maximum atomic E-state index is 13.2. The van der Waals surface area contributed by atoms with Crippen LogP contribution in [0.2, 0.25) is 0 Å². The number of amides is 3. The molecule has 1 aliphatic carbocycles. The van der Waals surface area contributed by atoms with Gasteiger partial charge in [0.2, 0.25) is 11.8 Å². The van der Waals surface area contributed by atoms with Crippen LogP contribution < -0.4 is 10.2 Å². The van der Waals surface area contributed by atoms with Crippen molar-refractivity contribution >= 4 is 35.2 Å². The van der Waals surface area contributed by atoms with Gasteiger partial charge in [0.05, 0.1) is 23.1 Å². The van der Waals surface area contributed by atoms with Crippen molar-refractivity contribution in [3.05, 3.63) is 77.6 Å². The molecule has 2 aromatic carbocycles. The largest absolute Gasteiger partial charge is 0.452 e. The molecule has 184 valence electrons. The molecule has 3 aromatic rings. The van der Waals surface area contributed by atoms with E-state index in [9.17, 15) is 19.2 Å². The van der Waals surface area contributed by atoms with Gasteiger partial charge in [-0.2, -0.15) is 0 Å². The first-order chi connectivity index (χ1) is 17.4. The van der Waals surface area contributed by atoms with Crippen LogP contribution in [-0.4, -0.2) is 35.5 Å². The number of aromatic nitrogens is 1. The average molecular weight is 488 g/mol. The van der Waals surface area contributed by atoms with Gasteiger partial charge in [-0.1, -0.05) is 35.5 Å². The van der Waals surface area contributed by atoms with E-state index in [0.717, 1.165) is 6.42 Å². The van der Waals surface area contributed by atoms with Gasteiger partial charge >= 0.3 is 5.97 Å². The smallest absolute Gasteiger partial charge is 0.338 e. The number of aryl methyl sites for hydroxylation is 1. The monoisotopic (exact) mass is 487 g/mol. The Bertz CT molecular complexity index is 1300. The first-order valence-electron chi connectivity index (χ1n) is 11.8. The third kappa shape index (κ3) is 4.64. The number of hydrogen-bond donors (Lipinski definition) is 1. The first kappa shape index (κ1) is 23.5. The Morgan fingerprint density at radius 1 is 1.03 bits per heavy atom. The van der Waals surface area contributed by atoms with Gasteiger partial charge in [-0.05, 0) is 61.9 Å². The molecule has 0 spiro atoms. The zero-order valence-electron chi connectivity index (χ0n) is 19.7. The van der Waals surface area contributed by atoms with Crippen molar-refractivity contribution in [2.45, 2.75) is 32.1 Å². The molecule has 1 saturated heterocycles. The van der Waals surface area contributed by atoms with E-state index in [1.807, 2.05) is 18.2 Å². The van der Waals surface area contributed by atoms with Crippen LogP contribution in [0.5, 0.6) is 0 Å². The summed E-state index contributed by atoms with van der Waals surface area (Å²) in [6, 6.07) is 17.7. The number of fused-ring (bicyclic) bond motifs is 1. The maximum Gasteiger partial charge on any atom is 0.338 e. The lowest BCUT2D eigenvalue weighted by atomic mass is 9.73. The van der Waals surface area contributed by atoms with Crippen LogP contribution in [0.1, 0.15) is 46.9 Å². The van der Waals surface area contributed by atoms with Crippen molar-refractivity contribution in [2.75, 3.05) is 16.8 Å². The lowest BCUT2D eigenvalue weighted by Crippen LogP contribution is -2.30. The Labute approximate surface area is 207 Å². The zero-order valence-corrected chi connectivity index (χ0v) is 19.7. The number of ether oxygens (including phenoxy) is 1. The van der Waals surface area contributed by atoms with E-state index in [4.69, 9.17) is 9.26 Å². The number of carbonyl (C=O) groups is 4. The molecule has 1 N–H and O–H groups in total. The molecule has 2 aliphatic rings. The van der Waals surface area contributed by atoms with E-state index in [-0.39, 0.29) is 40.9 Å². The zero-order chi connectivity index (χ0) is 25.2. The summed E-state index contributed by atoms with van der Waals surface area (Å²) in [6.45, 7) is 1.19. The number of rotatable bonds is 6.